The lowest BCUT2D eigenvalue weighted by molar-refractivity contribution is 0.0939. The Kier molecular flexibility index (Phi) is 7.55. The third-order valence-corrected chi connectivity index (χ3v) is 5.70. The average molecular weight is 424 g/mol. The maximum atomic E-state index is 12.9. The predicted molar refractivity (Wildman–Crippen MR) is 123 cm³/mol. The third-order valence-electron chi connectivity index (χ3n) is 5.70. The standard InChI is InChI=1S/C25H33N3O3/c1-17(2)26-25(30)28-14-6-9-22(16-28)20-7-5-8-21(15-20)24(29)27-18(3)19-10-12-23(31-4)13-11-19/h5,7-8,10-13,15,17-18,22H,6,9,14,16H2,1-4H3,(H,26,30)(H,27,29)/t18-,22+/m1/s1. The van der Waals surface area contributed by atoms with Gasteiger partial charge in [-0.3, -0.25) is 4.79 Å². The number of ether oxygens (including phenoxy) is 1. The number of amides is 3. The van der Waals surface area contributed by atoms with Crippen LogP contribution in [0.15, 0.2) is 48.5 Å². The second-order valence-corrected chi connectivity index (χ2v) is 8.48. The Balaban J connectivity index is 1.66. The minimum Gasteiger partial charge on any atom is -0.497 e. The first-order valence-electron chi connectivity index (χ1n) is 11.0. The van der Waals surface area contributed by atoms with Gasteiger partial charge in [0.25, 0.3) is 5.91 Å². The van der Waals surface area contributed by atoms with Crippen molar-refractivity contribution < 1.29 is 14.3 Å². The number of nitrogens with one attached hydrogen (secondary N) is 2. The Morgan fingerprint density at radius 1 is 1.06 bits per heavy atom. The van der Waals surface area contributed by atoms with Gasteiger partial charge in [-0.2, -0.15) is 0 Å². The molecule has 6 heteroatoms. The van der Waals surface area contributed by atoms with E-state index in [1.54, 1.807) is 7.11 Å². The van der Waals surface area contributed by atoms with Gasteiger partial charge in [0.1, 0.15) is 5.75 Å². The van der Waals surface area contributed by atoms with Crippen LogP contribution in [0, 0.1) is 0 Å². The Labute approximate surface area is 185 Å². The van der Waals surface area contributed by atoms with E-state index in [0.29, 0.717) is 12.1 Å². The number of carbonyl (C=O) groups is 2. The number of hydrogen-bond donors (Lipinski definition) is 2. The summed E-state index contributed by atoms with van der Waals surface area (Å²) < 4.78 is 5.20. The van der Waals surface area contributed by atoms with Crippen LogP contribution in [0.2, 0.25) is 0 Å². The Bertz CT molecular complexity index is 895. The summed E-state index contributed by atoms with van der Waals surface area (Å²) in [6.07, 6.45) is 1.97. The second-order valence-electron chi connectivity index (χ2n) is 8.48. The molecular formula is C25H33N3O3. The number of urea groups is 1. The largest absolute Gasteiger partial charge is 0.497 e. The topological polar surface area (TPSA) is 70.7 Å². The van der Waals surface area contributed by atoms with Crippen molar-refractivity contribution in [1.82, 2.24) is 15.5 Å². The minimum atomic E-state index is -0.119. The average Bonchev–Trinajstić information content (AvgIpc) is 2.78. The van der Waals surface area contributed by atoms with Crippen molar-refractivity contribution in [2.24, 2.45) is 0 Å². The summed E-state index contributed by atoms with van der Waals surface area (Å²) in [4.78, 5) is 27.2. The van der Waals surface area contributed by atoms with Crippen molar-refractivity contribution in [3.63, 3.8) is 0 Å². The summed E-state index contributed by atoms with van der Waals surface area (Å²) >= 11 is 0. The molecule has 0 aliphatic carbocycles. The van der Waals surface area contributed by atoms with Gasteiger partial charge in [0.15, 0.2) is 0 Å². The van der Waals surface area contributed by atoms with Crippen LogP contribution in [-0.2, 0) is 0 Å². The highest BCUT2D eigenvalue weighted by molar-refractivity contribution is 5.94. The SMILES string of the molecule is COc1ccc([C@@H](C)NC(=O)c2cccc([C@H]3CCCN(C(=O)NC(C)C)C3)c2)cc1. The Hall–Kier alpha value is -3.02. The number of likely N-dealkylation sites (tertiary alicyclic amines) is 1. The van der Waals surface area contributed by atoms with Crippen LogP contribution in [0.1, 0.15) is 67.1 Å². The highest BCUT2D eigenvalue weighted by atomic mass is 16.5. The van der Waals surface area contributed by atoms with E-state index in [9.17, 15) is 9.59 Å². The normalized spacial score (nSPS) is 17.2. The van der Waals surface area contributed by atoms with Gasteiger partial charge in [0, 0.05) is 30.6 Å². The smallest absolute Gasteiger partial charge is 0.317 e. The maximum absolute atomic E-state index is 12.9. The van der Waals surface area contributed by atoms with Crippen LogP contribution in [-0.4, -0.2) is 43.1 Å². The van der Waals surface area contributed by atoms with E-state index in [0.717, 1.165) is 36.3 Å². The molecule has 1 heterocycles. The van der Waals surface area contributed by atoms with E-state index >= 15 is 0 Å². The zero-order chi connectivity index (χ0) is 22.4. The molecular weight excluding hydrogens is 390 g/mol. The van der Waals surface area contributed by atoms with Crippen molar-refractivity contribution in [2.45, 2.75) is 51.6 Å². The number of hydrogen-bond acceptors (Lipinski definition) is 3. The lowest BCUT2D eigenvalue weighted by atomic mass is 9.89. The van der Waals surface area contributed by atoms with E-state index < -0.39 is 0 Å². The molecule has 6 nitrogen and oxygen atoms in total. The molecule has 2 N–H and O–H groups in total. The number of nitrogens with zero attached hydrogens (tertiary/aromatic N) is 1. The van der Waals surface area contributed by atoms with Crippen molar-refractivity contribution in [3.05, 3.63) is 65.2 Å². The summed E-state index contributed by atoms with van der Waals surface area (Å²) in [6.45, 7) is 7.35. The molecule has 1 aliphatic rings. The summed E-state index contributed by atoms with van der Waals surface area (Å²) in [7, 11) is 1.63. The van der Waals surface area contributed by atoms with Gasteiger partial charge in [-0.15, -0.1) is 0 Å². The molecule has 2 aromatic rings. The molecule has 0 bridgehead atoms. The van der Waals surface area contributed by atoms with Gasteiger partial charge >= 0.3 is 6.03 Å². The molecule has 2 aromatic carbocycles. The molecule has 0 unspecified atom stereocenters. The predicted octanol–water partition coefficient (Wildman–Crippen LogP) is 4.48. The summed E-state index contributed by atoms with van der Waals surface area (Å²) in [5.41, 5.74) is 2.76. The molecule has 0 aromatic heterocycles. The quantitative estimate of drug-likeness (QED) is 0.719. The second kappa shape index (κ2) is 10.3. The summed E-state index contributed by atoms with van der Waals surface area (Å²) in [6, 6.07) is 15.5. The highest BCUT2D eigenvalue weighted by Gasteiger charge is 2.25. The van der Waals surface area contributed by atoms with Crippen LogP contribution in [0.4, 0.5) is 4.79 Å². The number of piperidine rings is 1. The van der Waals surface area contributed by atoms with Crippen molar-refractivity contribution in [1.29, 1.82) is 0 Å². The minimum absolute atomic E-state index is 0.0121. The molecule has 0 spiro atoms. The van der Waals surface area contributed by atoms with Crippen LogP contribution in [0.3, 0.4) is 0 Å². The summed E-state index contributed by atoms with van der Waals surface area (Å²) in [5.74, 6) is 0.924. The highest BCUT2D eigenvalue weighted by Crippen LogP contribution is 2.28. The van der Waals surface area contributed by atoms with Crippen molar-refractivity contribution in [3.8, 4) is 5.75 Å². The number of benzene rings is 2. The van der Waals surface area contributed by atoms with Crippen LogP contribution >= 0.6 is 0 Å². The van der Waals surface area contributed by atoms with E-state index in [1.165, 1.54) is 0 Å². The fourth-order valence-corrected chi connectivity index (χ4v) is 3.96. The molecule has 166 valence electrons. The molecule has 1 aliphatic heterocycles. The van der Waals surface area contributed by atoms with Crippen molar-refractivity contribution in [2.75, 3.05) is 20.2 Å². The van der Waals surface area contributed by atoms with Gasteiger partial charge in [-0.1, -0.05) is 24.3 Å². The first kappa shape index (κ1) is 22.7. The van der Waals surface area contributed by atoms with Crippen LogP contribution in [0.5, 0.6) is 5.75 Å². The zero-order valence-electron chi connectivity index (χ0n) is 18.9. The van der Waals surface area contributed by atoms with E-state index in [-0.39, 0.29) is 29.9 Å². The van der Waals surface area contributed by atoms with Crippen LogP contribution < -0.4 is 15.4 Å². The molecule has 0 radical (unpaired) electrons. The number of methoxy groups -OCH3 is 1. The number of rotatable bonds is 6. The summed E-state index contributed by atoms with van der Waals surface area (Å²) in [5, 5.41) is 6.05. The van der Waals surface area contributed by atoms with Gasteiger partial charge < -0.3 is 20.3 Å². The van der Waals surface area contributed by atoms with Crippen LogP contribution in [0.25, 0.3) is 0 Å². The third kappa shape index (κ3) is 6.00. The zero-order valence-corrected chi connectivity index (χ0v) is 18.9. The molecule has 1 saturated heterocycles. The van der Waals surface area contributed by atoms with Gasteiger partial charge in [-0.25, -0.2) is 4.79 Å². The van der Waals surface area contributed by atoms with Gasteiger partial charge in [0.05, 0.1) is 13.2 Å². The molecule has 2 atom stereocenters. The van der Waals surface area contributed by atoms with Crippen molar-refractivity contribution >= 4 is 11.9 Å². The molecule has 0 saturated carbocycles. The van der Waals surface area contributed by atoms with E-state index in [4.69, 9.17) is 4.74 Å². The lowest BCUT2D eigenvalue weighted by Gasteiger charge is -2.33. The number of carbonyl (C=O) groups excluding carboxylic acids is 2. The molecule has 3 rings (SSSR count). The molecule has 1 fully saturated rings. The fraction of sp³-hybridized carbons (Fsp3) is 0.440. The first-order chi connectivity index (χ1) is 14.9. The molecule has 31 heavy (non-hydrogen) atoms. The van der Waals surface area contributed by atoms with Gasteiger partial charge in [0.2, 0.25) is 0 Å². The lowest BCUT2D eigenvalue weighted by Crippen LogP contribution is -2.47. The first-order valence-corrected chi connectivity index (χ1v) is 11.0. The van der Waals surface area contributed by atoms with E-state index in [1.807, 2.05) is 68.1 Å². The Morgan fingerprint density at radius 2 is 1.81 bits per heavy atom. The Morgan fingerprint density at radius 3 is 2.48 bits per heavy atom. The van der Waals surface area contributed by atoms with Gasteiger partial charge in [-0.05, 0) is 69.0 Å². The maximum Gasteiger partial charge on any atom is 0.317 e. The van der Waals surface area contributed by atoms with E-state index in [2.05, 4.69) is 16.7 Å². The fourth-order valence-electron chi connectivity index (χ4n) is 3.96. The monoisotopic (exact) mass is 423 g/mol. The molecule has 3 amide bonds.